The van der Waals surface area contributed by atoms with E-state index in [4.69, 9.17) is 0 Å². The molecule has 6 nitrogen and oxygen atoms in total. The number of aromatic nitrogens is 3. The van der Waals surface area contributed by atoms with Gasteiger partial charge in [0, 0.05) is 24.0 Å². The Morgan fingerprint density at radius 2 is 1.77 bits per heavy atom. The fourth-order valence-electron chi connectivity index (χ4n) is 4.66. The van der Waals surface area contributed by atoms with Crippen LogP contribution in [0.2, 0.25) is 0 Å². The zero-order valence-corrected chi connectivity index (χ0v) is 22.2. The van der Waals surface area contributed by atoms with Crippen LogP contribution in [0.1, 0.15) is 50.8 Å². The predicted molar refractivity (Wildman–Crippen MR) is 137 cm³/mol. The number of pyridine rings is 2. The van der Waals surface area contributed by atoms with E-state index in [1.807, 2.05) is 12.1 Å². The topological polar surface area (TPSA) is 88.6 Å². The lowest BCUT2D eigenvalue weighted by atomic mass is 9.95. The van der Waals surface area contributed by atoms with Gasteiger partial charge >= 0.3 is 6.18 Å². The van der Waals surface area contributed by atoms with Crippen LogP contribution in [-0.2, 0) is 21.4 Å². The second kappa shape index (κ2) is 9.16. The molecular formula is C28H24F4N4O2S. The van der Waals surface area contributed by atoms with Gasteiger partial charge in [0.2, 0.25) is 0 Å². The Morgan fingerprint density at radius 1 is 1.10 bits per heavy atom. The molecule has 2 aliphatic heterocycles. The molecular weight excluding hydrogens is 532 g/mol. The molecule has 0 unspecified atom stereocenters. The average molecular weight is 557 g/mol. The first-order valence-electron chi connectivity index (χ1n) is 12.3. The number of sulfone groups is 1. The van der Waals surface area contributed by atoms with E-state index in [2.05, 4.69) is 16.0 Å². The maximum Gasteiger partial charge on any atom is 0.417 e. The molecule has 0 atom stereocenters. The molecule has 11 heteroatoms. The van der Waals surface area contributed by atoms with Gasteiger partial charge in [-0.2, -0.15) is 18.4 Å². The summed E-state index contributed by atoms with van der Waals surface area (Å²) in [5, 5.41) is 9.44. The number of benzene rings is 1. The minimum atomic E-state index is -4.68. The molecule has 202 valence electrons. The molecule has 3 aliphatic rings. The van der Waals surface area contributed by atoms with E-state index in [1.165, 1.54) is 19.2 Å². The maximum atomic E-state index is 15.8. The van der Waals surface area contributed by atoms with E-state index in [0.717, 1.165) is 35.2 Å². The van der Waals surface area contributed by atoms with Crippen LogP contribution in [-0.4, -0.2) is 28.7 Å². The number of halogens is 4. The number of hydrogen-bond donors (Lipinski definition) is 0. The van der Waals surface area contributed by atoms with Gasteiger partial charge in [0.1, 0.15) is 17.1 Å². The van der Waals surface area contributed by atoms with Gasteiger partial charge in [-0.15, -0.1) is 0 Å². The summed E-state index contributed by atoms with van der Waals surface area (Å²) in [5.41, 5.74) is -0.608. The van der Waals surface area contributed by atoms with Crippen LogP contribution in [0.4, 0.5) is 17.6 Å². The van der Waals surface area contributed by atoms with Crippen LogP contribution in [0.25, 0.3) is 33.9 Å². The summed E-state index contributed by atoms with van der Waals surface area (Å²) in [4.78, 5) is 8.12. The highest BCUT2D eigenvalue weighted by molar-refractivity contribution is 7.91. The van der Waals surface area contributed by atoms with Crippen molar-refractivity contribution in [2.75, 3.05) is 5.75 Å². The molecule has 1 fully saturated rings. The van der Waals surface area contributed by atoms with Crippen molar-refractivity contribution >= 4 is 9.84 Å². The summed E-state index contributed by atoms with van der Waals surface area (Å²) < 4.78 is 83.8. The van der Waals surface area contributed by atoms with Gasteiger partial charge in [0.05, 0.1) is 33.4 Å². The lowest BCUT2D eigenvalue weighted by Gasteiger charge is -2.19. The molecule has 0 amide bonds. The van der Waals surface area contributed by atoms with E-state index < -0.39 is 44.5 Å². The first-order chi connectivity index (χ1) is 18.3. The molecule has 0 spiro atoms. The Labute approximate surface area is 223 Å². The lowest BCUT2D eigenvalue weighted by molar-refractivity contribution is -0.138. The molecule has 1 aliphatic carbocycles. The minimum Gasteiger partial charge on any atom is -0.341 e. The Hall–Kier alpha value is -3.78. The molecule has 0 bridgehead atoms. The van der Waals surface area contributed by atoms with E-state index in [9.17, 15) is 26.9 Å². The SMILES string of the molecule is CCS(=O)(=O)c1cc(-c2ccc(C3(C#N)CC3)cc2)cnc1-c1nc2cc(C(F)(F)F)cn(C(C)C)c-2c1F. The second-order valence-corrected chi connectivity index (χ2v) is 12.2. The van der Waals surface area contributed by atoms with Crippen molar-refractivity contribution < 1.29 is 26.0 Å². The Kier molecular flexibility index (Phi) is 6.30. The van der Waals surface area contributed by atoms with Gasteiger partial charge in [-0.25, -0.2) is 17.8 Å². The standard InChI is InChI=1S/C28H24F4N4O2S/c1-4-39(37,38)22-11-18(17-5-7-19(8-6-17)27(15-33)9-10-27)13-34-24(22)25-23(29)26-21(35-25)12-20(28(30,31)32)14-36(26)16(2)3/h5-8,11-14,16H,4,9-10H2,1-3H3. The summed E-state index contributed by atoms with van der Waals surface area (Å²) in [5.74, 6) is -1.25. The van der Waals surface area contributed by atoms with Crippen molar-refractivity contribution in [1.82, 2.24) is 14.5 Å². The largest absolute Gasteiger partial charge is 0.417 e. The van der Waals surface area contributed by atoms with Crippen LogP contribution >= 0.6 is 0 Å². The summed E-state index contributed by atoms with van der Waals surface area (Å²) in [7, 11) is -3.94. The number of nitriles is 1. The van der Waals surface area contributed by atoms with Crippen LogP contribution in [0.15, 0.2) is 53.7 Å². The monoisotopic (exact) mass is 556 g/mol. The van der Waals surface area contributed by atoms with E-state index in [0.29, 0.717) is 11.1 Å². The van der Waals surface area contributed by atoms with Crippen LogP contribution in [0.5, 0.6) is 0 Å². The Bertz CT molecular complexity index is 1700. The maximum absolute atomic E-state index is 15.8. The van der Waals surface area contributed by atoms with Crippen molar-refractivity contribution in [3.05, 3.63) is 65.7 Å². The minimum absolute atomic E-state index is 0.166. The molecule has 1 aromatic carbocycles. The van der Waals surface area contributed by atoms with Gasteiger partial charge in [-0.1, -0.05) is 31.2 Å². The molecule has 2 aromatic rings. The van der Waals surface area contributed by atoms with Crippen LogP contribution < -0.4 is 0 Å². The normalized spacial score (nSPS) is 15.1. The highest BCUT2D eigenvalue weighted by Crippen LogP contribution is 2.48. The van der Waals surface area contributed by atoms with Crippen molar-refractivity contribution in [1.29, 1.82) is 5.26 Å². The Morgan fingerprint density at radius 3 is 2.31 bits per heavy atom. The molecule has 39 heavy (non-hydrogen) atoms. The van der Waals surface area contributed by atoms with Crippen molar-refractivity contribution in [3.8, 4) is 40.0 Å². The first kappa shape index (κ1) is 26.8. The van der Waals surface area contributed by atoms with Gasteiger partial charge in [0.15, 0.2) is 15.7 Å². The second-order valence-electron chi connectivity index (χ2n) is 9.98. The molecule has 5 rings (SSSR count). The van der Waals surface area contributed by atoms with Crippen LogP contribution in [0.3, 0.4) is 0 Å². The van der Waals surface area contributed by atoms with E-state index in [1.54, 1.807) is 26.0 Å². The third-order valence-electron chi connectivity index (χ3n) is 7.13. The summed E-state index contributed by atoms with van der Waals surface area (Å²) in [6.07, 6.45) is -0.910. The number of hydrogen-bond acceptors (Lipinski definition) is 5. The fourth-order valence-corrected chi connectivity index (χ4v) is 5.72. The third-order valence-corrected chi connectivity index (χ3v) is 8.87. The number of nitrogens with zero attached hydrogens (tertiary/aromatic N) is 4. The molecule has 3 heterocycles. The molecule has 0 N–H and O–H groups in total. The summed E-state index contributed by atoms with van der Waals surface area (Å²) >= 11 is 0. The zero-order chi connectivity index (χ0) is 28.3. The number of fused-ring (bicyclic) bond motifs is 1. The zero-order valence-electron chi connectivity index (χ0n) is 21.3. The highest BCUT2D eigenvalue weighted by atomic mass is 32.2. The lowest BCUT2D eigenvalue weighted by Crippen LogP contribution is -2.13. The van der Waals surface area contributed by atoms with Gasteiger partial charge in [-0.3, -0.25) is 4.98 Å². The fraction of sp³-hybridized carbons (Fsp3) is 0.321. The molecule has 0 saturated heterocycles. The van der Waals surface area contributed by atoms with E-state index in [-0.39, 0.29) is 27.7 Å². The molecule has 0 radical (unpaired) electrons. The van der Waals surface area contributed by atoms with E-state index >= 15 is 4.39 Å². The quantitative estimate of drug-likeness (QED) is 0.244. The van der Waals surface area contributed by atoms with Gasteiger partial charge in [-0.05, 0) is 49.9 Å². The third kappa shape index (κ3) is 4.56. The van der Waals surface area contributed by atoms with Crippen molar-refractivity contribution in [2.45, 2.75) is 56.1 Å². The Balaban J connectivity index is 1.68. The molecule has 1 aromatic heterocycles. The van der Waals surface area contributed by atoms with Crippen LogP contribution in [0, 0.1) is 17.1 Å². The smallest absolute Gasteiger partial charge is 0.341 e. The number of rotatable bonds is 6. The average Bonchev–Trinajstić information content (AvgIpc) is 3.64. The van der Waals surface area contributed by atoms with Crippen molar-refractivity contribution in [2.24, 2.45) is 0 Å². The predicted octanol–water partition coefficient (Wildman–Crippen LogP) is 6.80. The highest BCUT2D eigenvalue weighted by Gasteiger charge is 2.44. The summed E-state index contributed by atoms with van der Waals surface area (Å²) in [6.45, 7) is 4.66. The van der Waals surface area contributed by atoms with Gasteiger partial charge < -0.3 is 4.57 Å². The van der Waals surface area contributed by atoms with Gasteiger partial charge in [0.25, 0.3) is 0 Å². The number of alkyl halides is 3. The summed E-state index contributed by atoms with van der Waals surface area (Å²) in [6, 6.07) is 11.1. The molecule has 1 saturated carbocycles. The first-order valence-corrected chi connectivity index (χ1v) is 14.0. The van der Waals surface area contributed by atoms with Crippen molar-refractivity contribution in [3.63, 3.8) is 0 Å².